The lowest BCUT2D eigenvalue weighted by atomic mass is 9.94. The zero-order valence-electron chi connectivity index (χ0n) is 26.4. The van der Waals surface area contributed by atoms with E-state index in [0.29, 0.717) is 37.1 Å². The number of rotatable bonds is 9. The van der Waals surface area contributed by atoms with Crippen LogP contribution in [-0.2, 0) is 17.8 Å². The number of aryl methyl sites for hydroxylation is 2. The topological polar surface area (TPSA) is 75.5 Å². The van der Waals surface area contributed by atoms with Crippen molar-refractivity contribution < 1.29 is 13.9 Å². The predicted octanol–water partition coefficient (Wildman–Crippen LogP) is 5.92. The van der Waals surface area contributed by atoms with E-state index in [4.69, 9.17) is 9.72 Å². The summed E-state index contributed by atoms with van der Waals surface area (Å²) in [7, 11) is 1.53. The average Bonchev–Trinajstić information content (AvgIpc) is 3.83. The molecule has 1 amide bonds. The van der Waals surface area contributed by atoms with E-state index in [1.807, 2.05) is 4.90 Å². The number of amides is 1. The molecule has 3 aliphatic rings. The largest absolute Gasteiger partial charge is 0.493 e. The van der Waals surface area contributed by atoms with Crippen molar-refractivity contribution in [1.29, 1.82) is 0 Å². The summed E-state index contributed by atoms with van der Waals surface area (Å²) in [6.07, 6.45) is 8.99. The van der Waals surface area contributed by atoms with E-state index in [-0.39, 0.29) is 6.04 Å². The van der Waals surface area contributed by atoms with Gasteiger partial charge in [0.05, 0.1) is 24.9 Å². The molecule has 7 rings (SSSR count). The first-order valence-electron chi connectivity index (χ1n) is 16.2. The number of anilines is 1. The second-order valence-corrected chi connectivity index (χ2v) is 12.6. The van der Waals surface area contributed by atoms with Crippen molar-refractivity contribution in [2.45, 2.75) is 52.1 Å². The molecular weight excluding hydrogens is 567 g/mol. The van der Waals surface area contributed by atoms with Crippen LogP contribution in [0.15, 0.2) is 48.7 Å². The standard InChI is InChI=1S/C36H41FN6O2/c1-4-29-9-10-30(23(2)40-29)31-15-26(33-21-41(12-13-42(33)22-44)36-34(45-3)17-28(37)19-39-36)14-27-16-32(25-6-5-11-38-18-25)43(35(27)31)20-24-7-8-24/h6,9-10,14-17,19,22,24,33,38H,4-5,7-8,11-13,18,20-21H2,1-3H3. The number of aromatic nitrogens is 3. The lowest BCUT2D eigenvalue weighted by Gasteiger charge is -2.40. The summed E-state index contributed by atoms with van der Waals surface area (Å²) in [6.45, 7) is 8.69. The molecule has 1 saturated heterocycles. The minimum atomic E-state index is -0.443. The van der Waals surface area contributed by atoms with E-state index in [9.17, 15) is 9.18 Å². The van der Waals surface area contributed by atoms with E-state index in [1.165, 1.54) is 54.4 Å². The van der Waals surface area contributed by atoms with Crippen LogP contribution in [0.3, 0.4) is 0 Å². The SMILES string of the molecule is CCc1ccc(-c2cc(C3CN(c4ncc(F)cc4OC)CCN3C=O)cc3cc(C4=CCCNC4)n(CC4CC4)c23)c(C)n1. The van der Waals surface area contributed by atoms with Crippen LogP contribution < -0.4 is 15.0 Å². The van der Waals surface area contributed by atoms with Crippen molar-refractivity contribution in [2.24, 2.45) is 5.92 Å². The molecule has 9 heteroatoms. The molecule has 0 bridgehead atoms. The van der Waals surface area contributed by atoms with Gasteiger partial charge in [-0.25, -0.2) is 9.37 Å². The maximum absolute atomic E-state index is 14.0. The van der Waals surface area contributed by atoms with Crippen molar-refractivity contribution >= 4 is 28.7 Å². The Morgan fingerprint density at radius 1 is 1.13 bits per heavy atom. The highest BCUT2D eigenvalue weighted by atomic mass is 19.1. The number of hydrogen-bond acceptors (Lipinski definition) is 6. The molecule has 0 spiro atoms. The molecule has 4 aromatic rings. The van der Waals surface area contributed by atoms with E-state index >= 15 is 0 Å². The second kappa shape index (κ2) is 12.3. The van der Waals surface area contributed by atoms with Gasteiger partial charge in [0.1, 0.15) is 5.82 Å². The van der Waals surface area contributed by atoms with Crippen LogP contribution in [0.1, 0.15) is 54.9 Å². The number of methoxy groups -OCH3 is 1. The van der Waals surface area contributed by atoms with Gasteiger partial charge in [-0.15, -0.1) is 0 Å². The normalized spacial score (nSPS) is 18.8. The van der Waals surface area contributed by atoms with Crippen LogP contribution in [-0.4, -0.2) is 65.7 Å². The fourth-order valence-corrected chi connectivity index (χ4v) is 7.00. The van der Waals surface area contributed by atoms with E-state index < -0.39 is 5.82 Å². The third kappa shape index (κ3) is 5.70. The number of piperazine rings is 1. The molecule has 234 valence electrons. The maximum atomic E-state index is 14.0. The number of benzene rings is 1. The summed E-state index contributed by atoms with van der Waals surface area (Å²) < 4.78 is 22.1. The number of halogens is 1. The van der Waals surface area contributed by atoms with Crippen LogP contribution in [0.5, 0.6) is 5.75 Å². The Bertz CT molecular complexity index is 1780. The lowest BCUT2D eigenvalue weighted by molar-refractivity contribution is -0.120. The Kier molecular flexibility index (Phi) is 8.04. The molecule has 8 nitrogen and oxygen atoms in total. The van der Waals surface area contributed by atoms with E-state index in [1.54, 1.807) is 0 Å². The third-order valence-electron chi connectivity index (χ3n) is 9.57. The fraction of sp³-hybridized carbons (Fsp3) is 0.417. The van der Waals surface area contributed by atoms with Gasteiger partial charge in [-0.05, 0) is 80.5 Å². The molecule has 1 aromatic carbocycles. The average molecular weight is 609 g/mol. The van der Waals surface area contributed by atoms with Crippen molar-refractivity contribution in [3.63, 3.8) is 0 Å². The Labute approximate surface area is 263 Å². The number of nitrogens with one attached hydrogen (secondary N) is 1. The zero-order chi connectivity index (χ0) is 31.1. The highest BCUT2D eigenvalue weighted by molar-refractivity contribution is 5.98. The predicted molar refractivity (Wildman–Crippen MR) is 176 cm³/mol. The quantitative estimate of drug-likeness (QED) is 0.238. The lowest BCUT2D eigenvalue weighted by Crippen LogP contribution is -2.48. The molecular formula is C36H41FN6O2. The summed E-state index contributed by atoms with van der Waals surface area (Å²) in [5.41, 5.74) is 9.24. The molecule has 1 atom stereocenters. The number of carbonyl (C=O) groups excluding carboxylic acids is 1. The Morgan fingerprint density at radius 2 is 2.00 bits per heavy atom. The molecule has 2 aliphatic heterocycles. The van der Waals surface area contributed by atoms with E-state index in [2.05, 4.69) is 70.0 Å². The van der Waals surface area contributed by atoms with Gasteiger partial charge in [-0.3, -0.25) is 9.78 Å². The molecule has 3 aromatic heterocycles. The number of ether oxygens (including phenoxy) is 1. The third-order valence-corrected chi connectivity index (χ3v) is 9.57. The number of nitrogens with zero attached hydrogens (tertiary/aromatic N) is 5. The van der Waals surface area contributed by atoms with Crippen LogP contribution in [0.25, 0.3) is 27.6 Å². The second-order valence-electron chi connectivity index (χ2n) is 12.6. The zero-order valence-corrected chi connectivity index (χ0v) is 26.4. The molecule has 1 aliphatic carbocycles. The first kappa shape index (κ1) is 29.5. The summed E-state index contributed by atoms with van der Waals surface area (Å²) in [4.78, 5) is 25.8. The summed E-state index contributed by atoms with van der Waals surface area (Å²) in [5.74, 6) is 1.22. The van der Waals surface area contributed by atoms with Gasteiger partial charge in [-0.1, -0.05) is 19.1 Å². The number of pyridine rings is 2. The number of carbonyl (C=O) groups is 1. The minimum absolute atomic E-state index is 0.232. The van der Waals surface area contributed by atoms with Gasteiger partial charge < -0.3 is 24.4 Å². The van der Waals surface area contributed by atoms with Crippen molar-refractivity contribution in [2.75, 3.05) is 44.7 Å². The molecule has 1 saturated carbocycles. The summed E-state index contributed by atoms with van der Waals surface area (Å²) in [6, 6.07) is 12.4. The van der Waals surface area contributed by atoms with Gasteiger partial charge in [0.25, 0.3) is 0 Å². The van der Waals surface area contributed by atoms with Crippen LogP contribution >= 0.6 is 0 Å². The Morgan fingerprint density at radius 3 is 2.71 bits per heavy atom. The molecule has 0 radical (unpaired) electrons. The van der Waals surface area contributed by atoms with Crippen LogP contribution in [0, 0.1) is 18.7 Å². The maximum Gasteiger partial charge on any atom is 0.210 e. The first-order chi connectivity index (χ1) is 22.0. The Hall–Kier alpha value is -4.24. The fourth-order valence-electron chi connectivity index (χ4n) is 7.00. The van der Waals surface area contributed by atoms with E-state index in [0.717, 1.165) is 67.0 Å². The highest BCUT2D eigenvalue weighted by Gasteiger charge is 2.32. The molecule has 1 unspecified atom stereocenters. The van der Waals surface area contributed by atoms with Crippen LogP contribution in [0.2, 0.25) is 0 Å². The molecule has 5 heterocycles. The first-order valence-corrected chi connectivity index (χ1v) is 16.2. The van der Waals surface area contributed by atoms with Crippen molar-refractivity contribution in [1.82, 2.24) is 24.8 Å². The van der Waals surface area contributed by atoms with Crippen molar-refractivity contribution in [3.05, 3.63) is 77.1 Å². The molecule has 2 fully saturated rings. The summed E-state index contributed by atoms with van der Waals surface area (Å²) in [5, 5.41) is 4.74. The molecule has 45 heavy (non-hydrogen) atoms. The van der Waals surface area contributed by atoms with Gasteiger partial charge in [0.15, 0.2) is 11.6 Å². The van der Waals surface area contributed by atoms with Gasteiger partial charge >= 0.3 is 0 Å². The van der Waals surface area contributed by atoms with Gasteiger partial charge in [-0.2, -0.15) is 0 Å². The minimum Gasteiger partial charge on any atom is -0.493 e. The monoisotopic (exact) mass is 608 g/mol. The van der Waals surface area contributed by atoms with Gasteiger partial charge in [0, 0.05) is 72.4 Å². The van der Waals surface area contributed by atoms with Gasteiger partial charge in [0.2, 0.25) is 6.41 Å². The summed E-state index contributed by atoms with van der Waals surface area (Å²) >= 11 is 0. The smallest absolute Gasteiger partial charge is 0.210 e. The Balaban J connectivity index is 1.41. The number of fused-ring (bicyclic) bond motifs is 1. The van der Waals surface area contributed by atoms with Crippen LogP contribution in [0.4, 0.5) is 10.2 Å². The molecule has 1 N–H and O–H groups in total. The number of hydrogen-bond donors (Lipinski definition) is 1. The highest BCUT2D eigenvalue weighted by Crippen LogP contribution is 2.42. The van der Waals surface area contributed by atoms with Crippen molar-refractivity contribution in [3.8, 4) is 16.9 Å².